The molecular weight excluding hydrogens is 338 g/mol. The zero-order chi connectivity index (χ0) is 17.4. The van der Waals surface area contributed by atoms with Crippen molar-refractivity contribution >= 4 is 28.2 Å². The van der Waals surface area contributed by atoms with Crippen LogP contribution in [-0.2, 0) is 6.54 Å². The lowest BCUT2D eigenvalue weighted by atomic mass is 10.1. The van der Waals surface area contributed by atoms with Gasteiger partial charge in [0.1, 0.15) is 5.58 Å². The number of amides is 1. The molecule has 4 rings (SSSR count). The normalized spacial score (nSPS) is 11.1. The molecule has 7 heteroatoms. The summed E-state index contributed by atoms with van der Waals surface area (Å²) in [6.07, 6.45) is 0. The van der Waals surface area contributed by atoms with E-state index in [9.17, 15) is 4.79 Å². The third-order valence-corrected chi connectivity index (χ3v) is 4.79. The molecule has 1 aromatic carbocycles. The summed E-state index contributed by atoms with van der Waals surface area (Å²) in [6.45, 7) is 4.39. The molecule has 25 heavy (non-hydrogen) atoms. The molecule has 0 saturated carbocycles. The van der Waals surface area contributed by atoms with Gasteiger partial charge in [0.05, 0.1) is 6.54 Å². The van der Waals surface area contributed by atoms with Gasteiger partial charge < -0.3 is 14.3 Å². The monoisotopic (exact) mass is 353 g/mol. The number of aromatic nitrogens is 2. The number of hydrogen-bond donors (Lipinski definition) is 1. The van der Waals surface area contributed by atoms with Crippen molar-refractivity contribution in [3.05, 3.63) is 57.6 Å². The summed E-state index contributed by atoms with van der Waals surface area (Å²) in [6, 6.07) is 9.82. The van der Waals surface area contributed by atoms with E-state index in [2.05, 4.69) is 15.5 Å². The Balaban J connectivity index is 1.58. The Hall–Kier alpha value is -2.93. The zero-order valence-electron chi connectivity index (χ0n) is 13.7. The highest BCUT2D eigenvalue weighted by atomic mass is 32.1. The van der Waals surface area contributed by atoms with E-state index in [1.807, 2.05) is 49.6 Å². The standard InChI is InChI=1S/C18H15N3O3S/c1-10-5-6-14-13(8-10)11(2)15(23-14)16-20-18(24-21-16)17(22)19-9-12-4-3-7-25-12/h3-8H,9H2,1-2H3,(H,19,22). The van der Waals surface area contributed by atoms with Crippen molar-refractivity contribution in [1.29, 1.82) is 0 Å². The van der Waals surface area contributed by atoms with Crippen LogP contribution in [-0.4, -0.2) is 16.0 Å². The second-order valence-electron chi connectivity index (χ2n) is 5.74. The van der Waals surface area contributed by atoms with Crippen LogP contribution >= 0.6 is 11.3 Å². The molecule has 3 heterocycles. The van der Waals surface area contributed by atoms with E-state index in [1.165, 1.54) is 0 Å². The van der Waals surface area contributed by atoms with Gasteiger partial charge in [-0.05, 0) is 37.4 Å². The maximum Gasteiger partial charge on any atom is 0.316 e. The molecule has 3 aromatic heterocycles. The number of furan rings is 1. The number of benzene rings is 1. The Morgan fingerprint density at radius 3 is 2.96 bits per heavy atom. The highest BCUT2D eigenvalue weighted by Crippen LogP contribution is 2.31. The largest absolute Gasteiger partial charge is 0.452 e. The number of aryl methyl sites for hydroxylation is 2. The van der Waals surface area contributed by atoms with Crippen molar-refractivity contribution in [1.82, 2.24) is 15.5 Å². The number of hydrogen-bond acceptors (Lipinski definition) is 6. The van der Waals surface area contributed by atoms with Crippen molar-refractivity contribution in [2.45, 2.75) is 20.4 Å². The molecule has 0 unspecified atom stereocenters. The number of carbonyl (C=O) groups is 1. The topological polar surface area (TPSA) is 81.2 Å². The molecule has 0 fully saturated rings. The number of thiophene rings is 1. The minimum absolute atomic E-state index is 0.0809. The van der Waals surface area contributed by atoms with Gasteiger partial charge >= 0.3 is 11.8 Å². The molecule has 1 amide bonds. The average molecular weight is 353 g/mol. The van der Waals surface area contributed by atoms with E-state index in [0.29, 0.717) is 12.3 Å². The van der Waals surface area contributed by atoms with E-state index in [0.717, 1.165) is 27.0 Å². The van der Waals surface area contributed by atoms with Gasteiger partial charge in [0, 0.05) is 15.8 Å². The van der Waals surface area contributed by atoms with Crippen LogP contribution in [0.5, 0.6) is 0 Å². The molecule has 0 aliphatic rings. The van der Waals surface area contributed by atoms with Gasteiger partial charge in [-0.2, -0.15) is 4.98 Å². The second kappa shape index (κ2) is 6.18. The summed E-state index contributed by atoms with van der Waals surface area (Å²) >= 11 is 1.57. The lowest BCUT2D eigenvalue weighted by Crippen LogP contribution is -2.22. The predicted octanol–water partition coefficient (Wildman–Crippen LogP) is 4.09. The number of nitrogens with one attached hydrogen (secondary N) is 1. The summed E-state index contributed by atoms with van der Waals surface area (Å²) in [5.41, 5.74) is 2.82. The van der Waals surface area contributed by atoms with Gasteiger partial charge in [0.15, 0.2) is 5.76 Å². The lowest BCUT2D eigenvalue weighted by Gasteiger charge is -1.98. The van der Waals surface area contributed by atoms with Crippen molar-refractivity contribution in [3.63, 3.8) is 0 Å². The van der Waals surface area contributed by atoms with Gasteiger partial charge in [0.2, 0.25) is 5.82 Å². The molecule has 126 valence electrons. The van der Waals surface area contributed by atoms with Crippen LogP contribution in [0.15, 0.2) is 44.7 Å². The Labute approximate surface area is 147 Å². The molecule has 0 aliphatic heterocycles. The molecule has 0 radical (unpaired) electrons. The molecule has 4 aromatic rings. The van der Waals surface area contributed by atoms with Crippen LogP contribution in [0.1, 0.15) is 26.7 Å². The number of rotatable bonds is 4. The number of fused-ring (bicyclic) bond motifs is 1. The van der Waals surface area contributed by atoms with Crippen LogP contribution in [0, 0.1) is 13.8 Å². The van der Waals surface area contributed by atoms with Crippen molar-refractivity contribution in [2.75, 3.05) is 0 Å². The first-order valence-corrected chi connectivity index (χ1v) is 8.64. The Morgan fingerprint density at radius 2 is 2.16 bits per heavy atom. The summed E-state index contributed by atoms with van der Waals surface area (Å²) in [5, 5.41) is 9.61. The summed E-state index contributed by atoms with van der Waals surface area (Å²) < 4.78 is 10.9. The molecular formula is C18H15N3O3S. The number of nitrogens with zero attached hydrogens (tertiary/aromatic N) is 2. The van der Waals surface area contributed by atoms with E-state index in [4.69, 9.17) is 8.94 Å². The minimum atomic E-state index is -0.406. The summed E-state index contributed by atoms with van der Waals surface area (Å²) in [7, 11) is 0. The highest BCUT2D eigenvalue weighted by Gasteiger charge is 2.21. The van der Waals surface area contributed by atoms with Crippen molar-refractivity contribution in [3.8, 4) is 11.6 Å². The third-order valence-electron chi connectivity index (χ3n) is 3.92. The molecule has 6 nitrogen and oxygen atoms in total. The molecule has 0 bridgehead atoms. The van der Waals surface area contributed by atoms with E-state index < -0.39 is 5.91 Å². The van der Waals surface area contributed by atoms with Gasteiger partial charge in [0.25, 0.3) is 0 Å². The SMILES string of the molecule is Cc1ccc2oc(-c3noc(C(=O)NCc4cccs4)n3)c(C)c2c1. The van der Waals surface area contributed by atoms with Crippen LogP contribution in [0.2, 0.25) is 0 Å². The van der Waals surface area contributed by atoms with E-state index in [1.54, 1.807) is 11.3 Å². The highest BCUT2D eigenvalue weighted by molar-refractivity contribution is 7.09. The van der Waals surface area contributed by atoms with Crippen molar-refractivity contribution in [2.24, 2.45) is 0 Å². The molecule has 0 spiro atoms. The van der Waals surface area contributed by atoms with Crippen LogP contribution in [0.25, 0.3) is 22.6 Å². The van der Waals surface area contributed by atoms with Crippen LogP contribution < -0.4 is 5.32 Å². The maximum atomic E-state index is 12.2. The molecule has 0 aliphatic carbocycles. The average Bonchev–Trinajstić information content (AvgIpc) is 3.33. The van der Waals surface area contributed by atoms with Gasteiger partial charge in [-0.15, -0.1) is 11.3 Å². The first-order chi connectivity index (χ1) is 12.1. The second-order valence-corrected chi connectivity index (χ2v) is 6.77. The van der Waals surface area contributed by atoms with Gasteiger partial charge in [-0.25, -0.2) is 0 Å². The van der Waals surface area contributed by atoms with E-state index in [-0.39, 0.29) is 11.7 Å². The Morgan fingerprint density at radius 1 is 1.28 bits per heavy atom. The van der Waals surface area contributed by atoms with Gasteiger partial charge in [-0.3, -0.25) is 4.79 Å². The fourth-order valence-corrected chi connectivity index (χ4v) is 3.26. The fourth-order valence-electron chi connectivity index (χ4n) is 2.61. The van der Waals surface area contributed by atoms with Crippen molar-refractivity contribution < 1.29 is 13.7 Å². The first-order valence-electron chi connectivity index (χ1n) is 7.76. The maximum absolute atomic E-state index is 12.2. The lowest BCUT2D eigenvalue weighted by molar-refractivity contribution is 0.0907. The Kier molecular flexibility index (Phi) is 3.85. The van der Waals surface area contributed by atoms with E-state index >= 15 is 0 Å². The smallest absolute Gasteiger partial charge is 0.316 e. The molecule has 1 N–H and O–H groups in total. The van der Waals surface area contributed by atoms with Crippen LogP contribution in [0.4, 0.5) is 0 Å². The molecule has 0 atom stereocenters. The minimum Gasteiger partial charge on any atom is -0.452 e. The summed E-state index contributed by atoms with van der Waals surface area (Å²) in [5.74, 6) is 0.300. The fraction of sp³-hybridized carbons (Fsp3) is 0.167. The predicted molar refractivity (Wildman–Crippen MR) is 94.5 cm³/mol. The number of carbonyl (C=O) groups excluding carboxylic acids is 1. The quantitative estimate of drug-likeness (QED) is 0.597. The van der Waals surface area contributed by atoms with Gasteiger partial charge in [-0.1, -0.05) is 22.9 Å². The Bertz CT molecular complexity index is 1050. The molecule has 0 saturated heterocycles. The summed E-state index contributed by atoms with van der Waals surface area (Å²) in [4.78, 5) is 17.4. The zero-order valence-corrected chi connectivity index (χ0v) is 14.5. The third kappa shape index (κ3) is 2.94. The van der Waals surface area contributed by atoms with Crippen LogP contribution in [0.3, 0.4) is 0 Å². The first kappa shape index (κ1) is 15.6.